The molecule has 0 fully saturated rings. The fourth-order valence-corrected chi connectivity index (χ4v) is 2.42. The molecular weight excluding hydrogens is 250 g/mol. The molecule has 0 aliphatic carbocycles. The van der Waals surface area contributed by atoms with Crippen LogP contribution in [0.3, 0.4) is 0 Å². The third kappa shape index (κ3) is 3.15. The van der Waals surface area contributed by atoms with Crippen LogP contribution >= 0.6 is 0 Å². The molecule has 0 bridgehead atoms. The molecule has 0 spiro atoms. The first kappa shape index (κ1) is 14.5. The SMILES string of the molecule is CCCCCC(C)n1nnnc1-c1ccc(N)cc1C. The van der Waals surface area contributed by atoms with Crippen molar-refractivity contribution in [3.05, 3.63) is 23.8 Å². The molecule has 2 aromatic rings. The third-order valence-corrected chi connectivity index (χ3v) is 3.63. The van der Waals surface area contributed by atoms with Gasteiger partial charge in [-0.1, -0.05) is 26.2 Å². The molecule has 2 N–H and O–H groups in total. The fourth-order valence-electron chi connectivity index (χ4n) is 2.42. The number of hydrogen-bond donors (Lipinski definition) is 1. The van der Waals surface area contributed by atoms with Crippen molar-refractivity contribution in [3.8, 4) is 11.4 Å². The van der Waals surface area contributed by atoms with E-state index >= 15 is 0 Å². The zero-order chi connectivity index (χ0) is 14.5. The Labute approximate surface area is 120 Å². The van der Waals surface area contributed by atoms with E-state index in [9.17, 15) is 0 Å². The smallest absolute Gasteiger partial charge is 0.182 e. The van der Waals surface area contributed by atoms with Crippen molar-refractivity contribution in [2.75, 3.05) is 5.73 Å². The number of hydrogen-bond acceptors (Lipinski definition) is 4. The Bertz CT molecular complexity index is 561. The van der Waals surface area contributed by atoms with Crippen LogP contribution in [0, 0.1) is 6.92 Å². The van der Waals surface area contributed by atoms with Crippen molar-refractivity contribution in [1.29, 1.82) is 0 Å². The van der Waals surface area contributed by atoms with E-state index in [2.05, 4.69) is 29.4 Å². The molecule has 0 amide bonds. The topological polar surface area (TPSA) is 69.6 Å². The van der Waals surface area contributed by atoms with Gasteiger partial charge in [0.2, 0.25) is 0 Å². The Balaban J connectivity index is 2.23. The number of tetrazole rings is 1. The number of rotatable bonds is 6. The largest absolute Gasteiger partial charge is 0.399 e. The van der Waals surface area contributed by atoms with Gasteiger partial charge in [-0.2, -0.15) is 0 Å². The highest BCUT2D eigenvalue weighted by atomic mass is 15.5. The lowest BCUT2D eigenvalue weighted by Gasteiger charge is -2.14. The normalized spacial score (nSPS) is 12.6. The lowest BCUT2D eigenvalue weighted by molar-refractivity contribution is 0.432. The van der Waals surface area contributed by atoms with Crippen LogP contribution in [0.1, 0.15) is 51.1 Å². The molecule has 108 valence electrons. The van der Waals surface area contributed by atoms with Gasteiger partial charge in [-0.25, -0.2) is 4.68 Å². The quantitative estimate of drug-likeness (QED) is 0.647. The van der Waals surface area contributed by atoms with E-state index in [-0.39, 0.29) is 0 Å². The Kier molecular flexibility index (Phi) is 4.71. The zero-order valence-corrected chi connectivity index (χ0v) is 12.5. The first-order valence-electron chi connectivity index (χ1n) is 7.27. The second-order valence-electron chi connectivity index (χ2n) is 5.37. The van der Waals surface area contributed by atoms with E-state index in [1.165, 1.54) is 19.3 Å². The second kappa shape index (κ2) is 6.50. The monoisotopic (exact) mass is 273 g/mol. The number of benzene rings is 1. The molecular formula is C15H23N5. The summed E-state index contributed by atoms with van der Waals surface area (Å²) >= 11 is 0. The van der Waals surface area contributed by atoms with Crippen LogP contribution in [0.4, 0.5) is 5.69 Å². The van der Waals surface area contributed by atoms with E-state index in [1.807, 2.05) is 29.8 Å². The lowest BCUT2D eigenvalue weighted by Crippen LogP contribution is -2.09. The second-order valence-corrected chi connectivity index (χ2v) is 5.37. The molecule has 5 nitrogen and oxygen atoms in total. The van der Waals surface area contributed by atoms with Gasteiger partial charge in [0.25, 0.3) is 0 Å². The highest BCUT2D eigenvalue weighted by Gasteiger charge is 2.15. The maximum Gasteiger partial charge on any atom is 0.182 e. The van der Waals surface area contributed by atoms with E-state index in [0.29, 0.717) is 6.04 Å². The van der Waals surface area contributed by atoms with Gasteiger partial charge in [-0.3, -0.25) is 0 Å². The number of aromatic nitrogens is 4. The molecule has 0 aliphatic heterocycles. The average molecular weight is 273 g/mol. The molecule has 0 saturated heterocycles. The predicted octanol–water partition coefficient (Wildman–Crippen LogP) is 3.37. The summed E-state index contributed by atoms with van der Waals surface area (Å²) in [4.78, 5) is 0. The van der Waals surface area contributed by atoms with Crippen molar-refractivity contribution in [2.45, 2.75) is 52.5 Å². The fraction of sp³-hybridized carbons (Fsp3) is 0.533. The van der Waals surface area contributed by atoms with E-state index < -0.39 is 0 Å². The van der Waals surface area contributed by atoms with Gasteiger partial charge in [0.15, 0.2) is 5.82 Å². The van der Waals surface area contributed by atoms with E-state index in [0.717, 1.165) is 29.1 Å². The Hall–Kier alpha value is -1.91. The first-order valence-corrected chi connectivity index (χ1v) is 7.27. The summed E-state index contributed by atoms with van der Waals surface area (Å²) in [5, 5.41) is 12.2. The molecule has 1 aromatic carbocycles. The van der Waals surface area contributed by atoms with Gasteiger partial charge < -0.3 is 5.73 Å². The van der Waals surface area contributed by atoms with Crippen LogP contribution in [0.5, 0.6) is 0 Å². The summed E-state index contributed by atoms with van der Waals surface area (Å²) in [7, 11) is 0. The maximum atomic E-state index is 5.80. The number of aryl methyl sites for hydroxylation is 1. The molecule has 0 saturated carbocycles. The summed E-state index contributed by atoms with van der Waals surface area (Å²) in [5.41, 5.74) is 8.71. The van der Waals surface area contributed by atoms with Crippen molar-refractivity contribution < 1.29 is 0 Å². The Morgan fingerprint density at radius 1 is 1.30 bits per heavy atom. The molecule has 5 heteroatoms. The first-order chi connectivity index (χ1) is 9.63. The van der Waals surface area contributed by atoms with Crippen LogP contribution in [-0.2, 0) is 0 Å². The van der Waals surface area contributed by atoms with Gasteiger partial charge in [-0.05, 0) is 54.5 Å². The van der Waals surface area contributed by atoms with Gasteiger partial charge in [0.05, 0.1) is 6.04 Å². The number of nitrogens with two attached hydrogens (primary N) is 1. The molecule has 0 aliphatic rings. The molecule has 2 rings (SSSR count). The number of unbranched alkanes of at least 4 members (excludes halogenated alkanes) is 2. The number of anilines is 1. The minimum Gasteiger partial charge on any atom is -0.399 e. The summed E-state index contributed by atoms with van der Waals surface area (Å²) in [6, 6.07) is 6.15. The standard InChI is InChI=1S/C15H23N5/c1-4-5-6-7-12(3)20-15(17-18-19-20)14-9-8-13(16)10-11(14)2/h8-10,12H,4-7,16H2,1-3H3. The van der Waals surface area contributed by atoms with Crippen molar-refractivity contribution >= 4 is 5.69 Å². The third-order valence-electron chi connectivity index (χ3n) is 3.63. The van der Waals surface area contributed by atoms with Gasteiger partial charge in [0.1, 0.15) is 0 Å². The van der Waals surface area contributed by atoms with Crippen molar-refractivity contribution in [1.82, 2.24) is 20.2 Å². The van der Waals surface area contributed by atoms with Crippen LogP contribution in [-0.4, -0.2) is 20.2 Å². The number of nitrogen functional groups attached to an aromatic ring is 1. The summed E-state index contributed by atoms with van der Waals surface area (Å²) in [6.45, 7) is 6.42. The van der Waals surface area contributed by atoms with Crippen LogP contribution in [0.25, 0.3) is 11.4 Å². The molecule has 0 radical (unpaired) electrons. The van der Waals surface area contributed by atoms with Crippen LogP contribution in [0.15, 0.2) is 18.2 Å². The molecule has 1 atom stereocenters. The van der Waals surface area contributed by atoms with Crippen LogP contribution in [0.2, 0.25) is 0 Å². The lowest BCUT2D eigenvalue weighted by atomic mass is 10.1. The Morgan fingerprint density at radius 2 is 2.10 bits per heavy atom. The van der Waals surface area contributed by atoms with Crippen molar-refractivity contribution in [3.63, 3.8) is 0 Å². The minimum absolute atomic E-state index is 0.309. The van der Waals surface area contributed by atoms with E-state index in [1.54, 1.807) is 0 Å². The minimum atomic E-state index is 0.309. The van der Waals surface area contributed by atoms with Gasteiger partial charge in [0, 0.05) is 11.3 Å². The average Bonchev–Trinajstić information content (AvgIpc) is 2.88. The molecule has 1 heterocycles. The molecule has 20 heavy (non-hydrogen) atoms. The van der Waals surface area contributed by atoms with Gasteiger partial charge >= 0.3 is 0 Å². The number of nitrogens with zero attached hydrogens (tertiary/aromatic N) is 4. The zero-order valence-electron chi connectivity index (χ0n) is 12.5. The van der Waals surface area contributed by atoms with E-state index in [4.69, 9.17) is 5.73 Å². The maximum absolute atomic E-state index is 5.80. The molecule has 1 aromatic heterocycles. The predicted molar refractivity (Wildman–Crippen MR) is 81.3 cm³/mol. The highest BCUT2D eigenvalue weighted by molar-refractivity contribution is 5.63. The van der Waals surface area contributed by atoms with Crippen LogP contribution < -0.4 is 5.73 Å². The van der Waals surface area contributed by atoms with Gasteiger partial charge in [-0.15, -0.1) is 5.10 Å². The Morgan fingerprint density at radius 3 is 2.80 bits per heavy atom. The summed E-state index contributed by atoms with van der Waals surface area (Å²) < 4.78 is 1.92. The molecule has 1 unspecified atom stereocenters. The highest BCUT2D eigenvalue weighted by Crippen LogP contribution is 2.26. The van der Waals surface area contributed by atoms with Crippen molar-refractivity contribution in [2.24, 2.45) is 0 Å². The summed E-state index contributed by atoms with van der Waals surface area (Å²) in [6.07, 6.45) is 4.78. The summed E-state index contributed by atoms with van der Waals surface area (Å²) in [5.74, 6) is 0.825.